The number of nitrogens with zero attached hydrogens (tertiary/aromatic N) is 4. The number of carbonyl (C=O) groups is 1. The Balaban J connectivity index is 1.36. The van der Waals surface area contributed by atoms with Crippen LogP contribution in [-0.2, 0) is 40.8 Å². The minimum Gasteiger partial charge on any atom is -0.490 e. The van der Waals surface area contributed by atoms with Crippen molar-refractivity contribution < 1.29 is 24.0 Å². The lowest BCUT2D eigenvalue weighted by atomic mass is 9.63. The molecule has 49 heavy (non-hydrogen) atoms. The number of anilines is 1. The van der Waals surface area contributed by atoms with Gasteiger partial charge in [0.1, 0.15) is 18.0 Å². The van der Waals surface area contributed by atoms with Crippen LogP contribution < -0.4 is 14.4 Å². The second-order valence-electron chi connectivity index (χ2n) is 14.7. The Morgan fingerprint density at radius 3 is 2.76 bits per heavy atom. The minimum absolute atomic E-state index is 0.0699. The van der Waals surface area contributed by atoms with E-state index in [-0.39, 0.29) is 35.6 Å². The van der Waals surface area contributed by atoms with Gasteiger partial charge in [0, 0.05) is 47.3 Å². The molecule has 3 heterocycles. The number of rotatable bonds is 2. The van der Waals surface area contributed by atoms with E-state index in [2.05, 4.69) is 37.7 Å². The zero-order chi connectivity index (χ0) is 34.7. The predicted octanol–water partition coefficient (Wildman–Crippen LogP) is 4.69. The van der Waals surface area contributed by atoms with Gasteiger partial charge in [-0.1, -0.05) is 30.7 Å². The molecular weight excluding hydrogens is 662 g/mol. The van der Waals surface area contributed by atoms with Gasteiger partial charge in [0.25, 0.3) is 5.91 Å². The Labute approximate surface area is 293 Å². The second kappa shape index (κ2) is 12.7. The summed E-state index contributed by atoms with van der Waals surface area (Å²) in [6, 6.07) is 11.6. The molecule has 2 aromatic carbocycles. The van der Waals surface area contributed by atoms with Crippen molar-refractivity contribution in [3.8, 4) is 5.75 Å². The molecule has 1 saturated carbocycles. The summed E-state index contributed by atoms with van der Waals surface area (Å²) in [6.07, 6.45) is 8.80. The van der Waals surface area contributed by atoms with E-state index in [0.717, 1.165) is 42.8 Å². The van der Waals surface area contributed by atoms with Crippen LogP contribution in [0.1, 0.15) is 79.1 Å². The fourth-order valence-electron chi connectivity index (χ4n) is 8.46. The number of aliphatic hydroxyl groups is 2. The van der Waals surface area contributed by atoms with Crippen molar-refractivity contribution in [3.05, 3.63) is 81.9 Å². The summed E-state index contributed by atoms with van der Waals surface area (Å²) >= 11 is 6.46. The van der Waals surface area contributed by atoms with E-state index in [4.69, 9.17) is 16.3 Å². The van der Waals surface area contributed by atoms with Gasteiger partial charge in [0.05, 0.1) is 22.0 Å². The third kappa shape index (κ3) is 6.06. The summed E-state index contributed by atoms with van der Waals surface area (Å²) in [6.45, 7) is 5.21. The van der Waals surface area contributed by atoms with Crippen molar-refractivity contribution in [1.29, 1.82) is 0 Å². The third-order valence-corrected chi connectivity index (χ3v) is 14.0. The highest BCUT2D eigenvalue weighted by atomic mass is 35.5. The fraction of sp³-hybridized carbons (Fsp3) is 0.514. The number of benzene rings is 2. The van der Waals surface area contributed by atoms with Gasteiger partial charge in [-0.15, -0.1) is 0 Å². The van der Waals surface area contributed by atoms with E-state index in [1.54, 1.807) is 17.8 Å². The molecule has 7 atom stereocenters. The standard InChI is InChI=1S/C37H46ClN5O5S/c1-23-7-5-16-37(46,35-39-33(20-44)40-42(35)3)30-12-9-27(30)19-43-21-36(15-6-8-25-17-28(38)11-13-29(25)36)22-48-32-14-10-26(18-31(32)43)34(45)41-49(4,47)24(23)2/h5,10-11,13-14,16-18,23-24,27,30,44,46H,4,6-9,12,15,19-22H2,1-3H3,(H,41,45,47)/b16-5+/t23-,24+,27-,30+,36-,37+,49?/m0/s1. The van der Waals surface area contributed by atoms with Crippen LogP contribution in [0.3, 0.4) is 0 Å². The molecule has 2 aliphatic carbocycles. The van der Waals surface area contributed by atoms with Crippen molar-refractivity contribution in [3.63, 3.8) is 0 Å². The van der Waals surface area contributed by atoms with Crippen LogP contribution in [-0.4, -0.2) is 65.9 Å². The minimum atomic E-state index is -3.04. The average molecular weight is 708 g/mol. The molecule has 10 nitrogen and oxygen atoms in total. The van der Waals surface area contributed by atoms with Crippen LogP contribution in [0.4, 0.5) is 5.69 Å². The maximum absolute atomic E-state index is 13.9. The Morgan fingerprint density at radius 1 is 1.20 bits per heavy atom. The lowest BCUT2D eigenvalue weighted by Gasteiger charge is -2.48. The summed E-state index contributed by atoms with van der Waals surface area (Å²) in [4.78, 5) is 20.6. The van der Waals surface area contributed by atoms with Gasteiger partial charge in [0.15, 0.2) is 11.6 Å². The lowest BCUT2D eigenvalue weighted by molar-refractivity contribution is -0.0583. The fourth-order valence-corrected chi connectivity index (χ4v) is 10.1. The number of allylic oxidation sites excluding steroid dienone is 1. The van der Waals surface area contributed by atoms with Crippen molar-refractivity contribution in [1.82, 2.24) is 19.5 Å². The molecule has 1 unspecified atom stereocenters. The van der Waals surface area contributed by atoms with Crippen molar-refractivity contribution >= 4 is 38.8 Å². The molecule has 12 heteroatoms. The smallest absolute Gasteiger partial charge is 0.262 e. The molecule has 3 aromatic rings. The van der Waals surface area contributed by atoms with Crippen LogP contribution in [0.5, 0.6) is 5.75 Å². The Morgan fingerprint density at radius 2 is 2.02 bits per heavy atom. The number of aliphatic hydroxyl groups excluding tert-OH is 1. The maximum atomic E-state index is 13.9. The summed E-state index contributed by atoms with van der Waals surface area (Å²) < 4.78 is 24.9. The highest BCUT2D eigenvalue weighted by Crippen LogP contribution is 2.50. The number of aryl methyl sites for hydroxylation is 2. The van der Waals surface area contributed by atoms with Gasteiger partial charge in [-0.05, 0) is 111 Å². The quantitative estimate of drug-likeness (QED) is 0.259. The topological polar surface area (TPSA) is 130 Å². The average Bonchev–Trinajstić information content (AvgIpc) is 3.38. The Bertz CT molecular complexity index is 1910. The van der Waals surface area contributed by atoms with Gasteiger partial charge in [-0.2, -0.15) is 5.10 Å². The van der Waals surface area contributed by atoms with Crippen LogP contribution in [0.25, 0.3) is 0 Å². The summed E-state index contributed by atoms with van der Waals surface area (Å²) in [5.41, 5.74) is 1.88. The number of hydrogen-bond donors (Lipinski definition) is 3. The van der Waals surface area contributed by atoms with Crippen molar-refractivity contribution in [2.75, 3.05) is 24.6 Å². The highest BCUT2D eigenvalue weighted by molar-refractivity contribution is 7.99. The van der Waals surface area contributed by atoms with E-state index in [0.29, 0.717) is 43.3 Å². The molecule has 0 saturated heterocycles. The number of ether oxygens (including phenoxy) is 1. The van der Waals surface area contributed by atoms with Crippen molar-refractivity contribution in [2.24, 2.45) is 24.8 Å². The maximum Gasteiger partial charge on any atom is 0.262 e. The molecule has 2 aliphatic heterocycles. The van der Waals surface area contributed by atoms with Crippen molar-refractivity contribution in [2.45, 2.75) is 75.2 Å². The van der Waals surface area contributed by atoms with Gasteiger partial charge >= 0.3 is 0 Å². The first kappa shape index (κ1) is 34.1. The largest absolute Gasteiger partial charge is 0.490 e. The van der Waals surface area contributed by atoms with Crippen LogP contribution in [0.15, 0.2) is 48.6 Å². The SMILES string of the molecule is C=S1(=O)NC(=O)c2ccc3c(c2)N(C[C@@H]2CC[C@H]2[C@@](O)(c2nc(CO)nn2C)/C=C/C[C@H](C)[C@H]1C)C[C@@]1(CCCc2cc(Cl)ccc21)CO3. The van der Waals surface area contributed by atoms with E-state index in [9.17, 15) is 19.2 Å². The van der Waals surface area contributed by atoms with Crippen LogP contribution >= 0.6 is 11.6 Å². The Hall–Kier alpha value is -3.38. The van der Waals surface area contributed by atoms with E-state index in [1.807, 2.05) is 44.2 Å². The number of amides is 1. The van der Waals surface area contributed by atoms with Gasteiger partial charge in [0.2, 0.25) is 0 Å². The normalized spacial score (nSPS) is 33.8. The number of nitrogens with one attached hydrogen (secondary N) is 1. The molecule has 7 rings (SSSR count). The van der Waals surface area contributed by atoms with Crippen LogP contribution in [0.2, 0.25) is 5.02 Å². The first-order valence-electron chi connectivity index (χ1n) is 17.2. The first-order chi connectivity index (χ1) is 23.3. The number of carbonyl (C=O) groups excluding carboxylic acids is 1. The zero-order valence-corrected chi connectivity index (χ0v) is 30.0. The van der Waals surface area contributed by atoms with Gasteiger partial charge in [-0.3, -0.25) is 9.52 Å². The van der Waals surface area contributed by atoms with Crippen LogP contribution in [0, 0.1) is 17.8 Å². The number of hydrogen-bond acceptors (Lipinski definition) is 8. The van der Waals surface area contributed by atoms with E-state index >= 15 is 0 Å². The molecule has 1 spiro atoms. The molecule has 1 amide bonds. The first-order valence-corrected chi connectivity index (χ1v) is 19.4. The molecule has 1 aromatic heterocycles. The van der Waals surface area contributed by atoms with Gasteiger partial charge in [-0.25, -0.2) is 13.9 Å². The summed E-state index contributed by atoms with van der Waals surface area (Å²) in [5.74, 6) is 4.62. The van der Waals surface area contributed by atoms with E-state index in [1.165, 1.54) is 11.1 Å². The summed E-state index contributed by atoms with van der Waals surface area (Å²) in [5, 5.41) is 27.2. The molecule has 3 N–H and O–H groups in total. The predicted molar refractivity (Wildman–Crippen MR) is 192 cm³/mol. The molecule has 4 aliphatic rings. The summed E-state index contributed by atoms with van der Waals surface area (Å²) in [7, 11) is -1.30. The number of aromatic nitrogens is 3. The molecule has 2 bridgehead atoms. The molecule has 1 fully saturated rings. The monoisotopic (exact) mass is 707 g/mol. The highest BCUT2D eigenvalue weighted by Gasteiger charge is 2.51. The lowest BCUT2D eigenvalue weighted by Crippen LogP contribution is -2.52. The molecule has 0 radical (unpaired) electrons. The zero-order valence-electron chi connectivity index (χ0n) is 28.4. The Kier molecular flexibility index (Phi) is 8.87. The second-order valence-corrected chi connectivity index (χ2v) is 17.5. The number of halogens is 1. The van der Waals surface area contributed by atoms with Gasteiger partial charge < -0.3 is 19.8 Å². The number of fused-ring (bicyclic) bond motifs is 4. The molecular formula is C37H46ClN5O5S. The third-order valence-electron chi connectivity index (χ3n) is 11.6. The molecule has 262 valence electrons. The van der Waals surface area contributed by atoms with E-state index < -0.39 is 26.5 Å².